The minimum atomic E-state index is -0.0972. The van der Waals surface area contributed by atoms with Crippen LogP contribution in [0.5, 0.6) is 0 Å². The molecule has 0 radical (unpaired) electrons. The van der Waals surface area contributed by atoms with Gasteiger partial charge in [-0.15, -0.1) is 0 Å². The van der Waals surface area contributed by atoms with Crippen molar-refractivity contribution in [3.8, 4) is 0 Å². The second-order valence-corrected chi connectivity index (χ2v) is 5.66. The molecule has 0 heterocycles. The molecule has 1 unspecified atom stereocenters. The van der Waals surface area contributed by atoms with Gasteiger partial charge in [0.25, 0.3) is 0 Å². The van der Waals surface area contributed by atoms with Crippen molar-refractivity contribution < 1.29 is 4.79 Å². The first-order valence-corrected chi connectivity index (χ1v) is 6.89. The van der Waals surface area contributed by atoms with Crippen LogP contribution in [0.2, 0.25) is 0 Å². The molecule has 3 heteroatoms. The van der Waals surface area contributed by atoms with Gasteiger partial charge in [0.2, 0.25) is 5.91 Å². The molecule has 1 atom stereocenters. The van der Waals surface area contributed by atoms with E-state index in [1.54, 1.807) is 0 Å². The fourth-order valence-corrected chi connectivity index (χ4v) is 1.76. The van der Waals surface area contributed by atoms with Crippen LogP contribution in [0.15, 0.2) is 24.3 Å². The molecule has 0 aliphatic rings. The molecule has 1 rings (SSSR count). The third-order valence-corrected chi connectivity index (χ3v) is 4.10. The molecule has 0 aliphatic carbocycles. The van der Waals surface area contributed by atoms with Gasteiger partial charge in [-0.2, -0.15) is 0 Å². The summed E-state index contributed by atoms with van der Waals surface area (Å²) in [5.74, 6) is 0.390. The Balaban J connectivity index is 2.35. The molecule has 0 saturated carbocycles. The Morgan fingerprint density at radius 2 is 2.12 bits per heavy atom. The van der Waals surface area contributed by atoms with Gasteiger partial charge in [0.15, 0.2) is 0 Å². The summed E-state index contributed by atoms with van der Waals surface area (Å²) in [6.45, 7) is 6.82. The first-order valence-electron chi connectivity index (χ1n) is 5.98. The van der Waals surface area contributed by atoms with Crippen molar-refractivity contribution in [3.05, 3.63) is 35.4 Å². The Kier molecular flexibility index (Phi) is 5.69. The third kappa shape index (κ3) is 4.90. The zero-order valence-electron chi connectivity index (χ0n) is 10.7. The van der Waals surface area contributed by atoms with Gasteiger partial charge in [0.05, 0.1) is 4.83 Å². The molecule has 1 aromatic carbocycles. The van der Waals surface area contributed by atoms with Crippen LogP contribution in [0, 0.1) is 12.8 Å². The van der Waals surface area contributed by atoms with Gasteiger partial charge in [0, 0.05) is 6.54 Å². The minimum Gasteiger partial charge on any atom is -0.355 e. The molecule has 1 N–H and O–H groups in total. The number of amides is 1. The molecule has 1 amide bonds. The summed E-state index contributed by atoms with van der Waals surface area (Å²) in [4.78, 5) is 11.6. The molecule has 94 valence electrons. The van der Waals surface area contributed by atoms with Crippen molar-refractivity contribution in [1.29, 1.82) is 0 Å². The number of alkyl halides is 1. The maximum atomic E-state index is 11.7. The van der Waals surface area contributed by atoms with E-state index in [0.29, 0.717) is 12.5 Å². The molecule has 0 saturated heterocycles. The molecule has 0 fully saturated rings. The number of benzene rings is 1. The fraction of sp³-hybridized carbons (Fsp3) is 0.500. The third-order valence-electron chi connectivity index (χ3n) is 2.63. The van der Waals surface area contributed by atoms with Gasteiger partial charge in [0.1, 0.15) is 0 Å². The number of hydrogen-bond acceptors (Lipinski definition) is 1. The van der Waals surface area contributed by atoms with E-state index in [4.69, 9.17) is 0 Å². The number of carbonyl (C=O) groups excluding carboxylic acids is 1. The predicted molar refractivity (Wildman–Crippen MR) is 75.4 cm³/mol. The molecule has 0 bridgehead atoms. The number of halogens is 1. The minimum absolute atomic E-state index is 0.0765. The van der Waals surface area contributed by atoms with Crippen LogP contribution in [0.4, 0.5) is 0 Å². The van der Waals surface area contributed by atoms with Crippen LogP contribution in [-0.2, 0) is 11.2 Å². The van der Waals surface area contributed by atoms with Crippen molar-refractivity contribution in [2.75, 3.05) is 6.54 Å². The van der Waals surface area contributed by atoms with E-state index < -0.39 is 0 Å². The molecule has 0 aliphatic heterocycles. The summed E-state index contributed by atoms with van der Waals surface area (Å²) in [6.07, 6.45) is 0.880. The molecule has 0 aromatic heterocycles. The zero-order valence-corrected chi connectivity index (χ0v) is 12.3. The fourth-order valence-electron chi connectivity index (χ4n) is 1.60. The number of carbonyl (C=O) groups is 1. The summed E-state index contributed by atoms with van der Waals surface area (Å²) in [5, 5.41) is 2.95. The smallest absolute Gasteiger partial charge is 0.234 e. The first-order chi connectivity index (χ1) is 8.00. The number of rotatable bonds is 5. The lowest BCUT2D eigenvalue weighted by molar-refractivity contribution is -0.121. The van der Waals surface area contributed by atoms with Crippen molar-refractivity contribution in [2.45, 2.75) is 32.0 Å². The maximum Gasteiger partial charge on any atom is 0.234 e. The highest BCUT2D eigenvalue weighted by Crippen LogP contribution is 2.11. The number of aryl methyl sites for hydroxylation is 1. The summed E-state index contributed by atoms with van der Waals surface area (Å²) < 4.78 is 0. The lowest BCUT2D eigenvalue weighted by atomic mass is 10.1. The normalized spacial score (nSPS) is 12.5. The van der Waals surface area contributed by atoms with Gasteiger partial charge >= 0.3 is 0 Å². The zero-order chi connectivity index (χ0) is 12.8. The summed E-state index contributed by atoms with van der Waals surface area (Å²) in [6, 6.07) is 8.37. The lowest BCUT2D eigenvalue weighted by Crippen LogP contribution is -2.35. The monoisotopic (exact) mass is 297 g/mol. The van der Waals surface area contributed by atoms with Crippen molar-refractivity contribution in [2.24, 2.45) is 5.92 Å². The number of nitrogens with one attached hydrogen (secondary N) is 1. The van der Waals surface area contributed by atoms with Gasteiger partial charge < -0.3 is 5.32 Å². The Labute approximate surface area is 112 Å². The molecule has 0 spiro atoms. The van der Waals surface area contributed by atoms with Crippen LogP contribution < -0.4 is 5.32 Å². The SMILES string of the molecule is Cc1cccc(CCNC(=O)C(Br)C(C)C)c1. The Morgan fingerprint density at radius 1 is 1.41 bits per heavy atom. The summed E-state index contributed by atoms with van der Waals surface area (Å²) >= 11 is 3.39. The Morgan fingerprint density at radius 3 is 2.71 bits per heavy atom. The van der Waals surface area contributed by atoms with Crippen LogP contribution in [-0.4, -0.2) is 17.3 Å². The average molecular weight is 298 g/mol. The van der Waals surface area contributed by atoms with E-state index in [-0.39, 0.29) is 10.7 Å². The van der Waals surface area contributed by atoms with Crippen LogP contribution >= 0.6 is 15.9 Å². The predicted octanol–water partition coefficient (Wildman–Crippen LogP) is 3.07. The van der Waals surface area contributed by atoms with Gasteiger partial charge in [-0.3, -0.25) is 4.79 Å². The molecule has 2 nitrogen and oxygen atoms in total. The van der Waals surface area contributed by atoms with E-state index in [0.717, 1.165) is 6.42 Å². The molecular weight excluding hydrogens is 278 g/mol. The molecular formula is C14H20BrNO. The highest BCUT2D eigenvalue weighted by molar-refractivity contribution is 9.10. The Bertz CT molecular complexity index is 376. The van der Waals surface area contributed by atoms with Crippen LogP contribution in [0.25, 0.3) is 0 Å². The highest BCUT2D eigenvalue weighted by atomic mass is 79.9. The maximum absolute atomic E-state index is 11.7. The summed E-state index contributed by atoms with van der Waals surface area (Å²) in [7, 11) is 0. The van der Waals surface area contributed by atoms with Crippen molar-refractivity contribution >= 4 is 21.8 Å². The quantitative estimate of drug-likeness (QED) is 0.832. The molecule has 17 heavy (non-hydrogen) atoms. The van der Waals surface area contributed by atoms with Crippen LogP contribution in [0.3, 0.4) is 0 Å². The Hall–Kier alpha value is -0.830. The first kappa shape index (κ1) is 14.2. The average Bonchev–Trinajstić information content (AvgIpc) is 2.27. The van der Waals surface area contributed by atoms with Gasteiger partial charge in [-0.1, -0.05) is 59.6 Å². The summed E-state index contributed by atoms with van der Waals surface area (Å²) in [5.41, 5.74) is 2.52. The number of hydrogen-bond donors (Lipinski definition) is 1. The van der Waals surface area contributed by atoms with E-state index in [9.17, 15) is 4.79 Å². The van der Waals surface area contributed by atoms with E-state index in [1.165, 1.54) is 11.1 Å². The van der Waals surface area contributed by atoms with E-state index in [2.05, 4.69) is 46.4 Å². The largest absolute Gasteiger partial charge is 0.355 e. The topological polar surface area (TPSA) is 29.1 Å². The highest BCUT2D eigenvalue weighted by Gasteiger charge is 2.17. The lowest BCUT2D eigenvalue weighted by Gasteiger charge is -2.13. The van der Waals surface area contributed by atoms with E-state index in [1.807, 2.05) is 19.9 Å². The van der Waals surface area contributed by atoms with Gasteiger partial charge in [-0.05, 0) is 24.8 Å². The van der Waals surface area contributed by atoms with Crippen LogP contribution in [0.1, 0.15) is 25.0 Å². The second kappa shape index (κ2) is 6.80. The molecule has 1 aromatic rings. The standard InChI is InChI=1S/C14H20BrNO/c1-10(2)13(15)14(17)16-8-7-12-6-4-5-11(3)9-12/h4-6,9-10,13H,7-8H2,1-3H3,(H,16,17). The van der Waals surface area contributed by atoms with Gasteiger partial charge in [-0.25, -0.2) is 0 Å². The van der Waals surface area contributed by atoms with Crippen molar-refractivity contribution in [1.82, 2.24) is 5.32 Å². The van der Waals surface area contributed by atoms with E-state index >= 15 is 0 Å². The van der Waals surface area contributed by atoms with Crippen molar-refractivity contribution in [3.63, 3.8) is 0 Å². The second-order valence-electron chi connectivity index (χ2n) is 4.68.